The number of nitrogens with one attached hydrogen (secondary N) is 1. The predicted octanol–water partition coefficient (Wildman–Crippen LogP) is 4.91. The van der Waals surface area contributed by atoms with Crippen molar-refractivity contribution in [2.24, 2.45) is 17.3 Å². The van der Waals surface area contributed by atoms with E-state index in [0.29, 0.717) is 12.0 Å². The molecule has 2 aromatic carbocycles. The van der Waals surface area contributed by atoms with Gasteiger partial charge in [0.25, 0.3) is 0 Å². The molecule has 0 aromatic heterocycles. The number of hydrogen-bond donors (Lipinski definition) is 2. The van der Waals surface area contributed by atoms with Crippen LogP contribution in [0.3, 0.4) is 0 Å². The Hall–Kier alpha value is -2.92. The number of fused-ring (bicyclic) bond motifs is 5. The van der Waals surface area contributed by atoms with Crippen molar-refractivity contribution >= 4 is 17.3 Å². The van der Waals surface area contributed by atoms with Gasteiger partial charge >= 0.3 is 0 Å². The number of ether oxygens (including phenoxy) is 1. The average molecular weight is 460 g/mol. The molecule has 178 valence electrons. The molecular weight excluding hydrogens is 426 g/mol. The summed E-state index contributed by atoms with van der Waals surface area (Å²) < 4.78 is 6.02. The van der Waals surface area contributed by atoms with Crippen molar-refractivity contribution in [1.82, 2.24) is 5.32 Å². The number of carbonyl (C=O) groups is 2. The van der Waals surface area contributed by atoms with Gasteiger partial charge in [0.15, 0.2) is 5.78 Å². The molecule has 2 aliphatic carbocycles. The van der Waals surface area contributed by atoms with Crippen LogP contribution in [0.15, 0.2) is 48.2 Å². The highest BCUT2D eigenvalue weighted by Crippen LogP contribution is 2.58. The molecule has 0 saturated carbocycles. The zero-order valence-corrected chi connectivity index (χ0v) is 20.5. The molecule has 5 rings (SSSR count). The number of allylic oxidation sites excluding steroid dienone is 2. The van der Waals surface area contributed by atoms with Crippen LogP contribution in [0.2, 0.25) is 0 Å². The van der Waals surface area contributed by atoms with E-state index in [-0.39, 0.29) is 47.3 Å². The van der Waals surface area contributed by atoms with Crippen LogP contribution in [0.4, 0.5) is 0 Å². The summed E-state index contributed by atoms with van der Waals surface area (Å²) in [5.41, 5.74) is 4.90. The summed E-state index contributed by atoms with van der Waals surface area (Å²) >= 11 is 0. The Labute approximate surface area is 201 Å². The summed E-state index contributed by atoms with van der Waals surface area (Å²) in [6, 6.07) is 14.4. The number of piperidine rings is 1. The fourth-order valence-electron chi connectivity index (χ4n) is 6.71. The lowest BCUT2D eigenvalue weighted by atomic mass is 9.54. The average Bonchev–Trinajstić information content (AvgIpc) is 2.79. The standard InChI is InChI=1S/C29H33NO4/c1-15-11-19-13-22-21(14-20(19)25(17(3)31)26(15)32)24-16(2)29(4,27(22)34-5)28(33)30-23(24)12-18-9-7-6-8-10-18/h6-10,13-16,23-24,27,32H,11-12H2,1-5H3,(H,30,33)/t15-,16+,23-,24+,27-,29-/m0/s1. The van der Waals surface area contributed by atoms with Crippen LogP contribution in [0.25, 0.3) is 5.57 Å². The largest absolute Gasteiger partial charge is 0.511 e. The second-order valence-electron chi connectivity index (χ2n) is 10.5. The number of carbonyl (C=O) groups excluding carboxylic acids is 2. The van der Waals surface area contributed by atoms with Gasteiger partial charge in [-0.3, -0.25) is 9.59 Å². The molecular formula is C29H33NO4. The Kier molecular flexibility index (Phi) is 5.44. The first-order chi connectivity index (χ1) is 16.2. The van der Waals surface area contributed by atoms with Gasteiger partial charge in [-0.05, 0) is 66.5 Å². The molecule has 1 aliphatic heterocycles. The monoisotopic (exact) mass is 459 g/mol. The highest BCUT2D eigenvalue weighted by molar-refractivity contribution is 6.21. The Balaban J connectivity index is 1.72. The summed E-state index contributed by atoms with van der Waals surface area (Å²) in [6.07, 6.45) is 0.995. The summed E-state index contributed by atoms with van der Waals surface area (Å²) in [6.45, 7) is 7.63. The number of aliphatic hydroxyl groups excluding tert-OH is 1. The van der Waals surface area contributed by atoms with E-state index in [4.69, 9.17) is 4.74 Å². The maximum absolute atomic E-state index is 13.6. The number of benzene rings is 2. The molecule has 6 atom stereocenters. The topological polar surface area (TPSA) is 75.6 Å². The van der Waals surface area contributed by atoms with Crippen LogP contribution in [0.5, 0.6) is 0 Å². The zero-order chi connectivity index (χ0) is 24.4. The SMILES string of the molecule is CO[C@H]1c2cc3c(cc2[C@@H]2[C@H](Cc4ccccc4)NC(=O)[C@@]1(C)[C@@H]2C)C(C(C)=O)=C(O)[C@@H](C)C3. The van der Waals surface area contributed by atoms with Gasteiger partial charge in [-0.1, -0.05) is 50.2 Å². The minimum Gasteiger partial charge on any atom is -0.511 e. The minimum absolute atomic E-state index is 0.0303. The number of hydrogen-bond acceptors (Lipinski definition) is 4. The van der Waals surface area contributed by atoms with E-state index in [9.17, 15) is 14.7 Å². The molecule has 1 fully saturated rings. The Morgan fingerprint density at radius 2 is 1.88 bits per heavy atom. The molecule has 1 amide bonds. The molecule has 1 heterocycles. The zero-order valence-electron chi connectivity index (χ0n) is 20.5. The first kappa shape index (κ1) is 22.9. The van der Waals surface area contributed by atoms with E-state index < -0.39 is 5.41 Å². The number of ketones is 1. The third kappa shape index (κ3) is 3.17. The van der Waals surface area contributed by atoms with E-state index in [2.05, 4.69) is 36.5 Å². The molecule has 34 heavy (non-hydrogen) atoms. The third-order valence-electron chi connectivity index (χ3n) is 8.62. The van der Waals surface area contributed by atoms with Crippen LogP contribution in [0, 0.1) is 17.3 Å². The number of methoxy groups -OCH3 is 1. The van der Waals surface area contributed by atoms with Gasteiger partial charge in [-0.25, -0.2) is 0 Å². The predicted molar refractivity (Wildman–Crippen MR) is 131 cm³/mol. The summed E-state index contributed by atoms with van der Waals surface area (Å²) in [4.78, 5) is 26.2. The smallest absolute Gasteiger partial charge is 0.229 e. The fourth-order valence-corrected chi connectivity index (χ4v) is 6.71. The van der Waals surface area contributed by atoms with Crippen molar-refractivity contribution in [3.63, 3.8) is 0 Å². The second kappa shape index (κ2) is 8.09. The molecule has 1 saturated heterocycles. The van der Waals surface area contributed by atoms with Gasteiger partial charge < -0.3 is 15.2 Å². The van der Waals surface area contributed by atoms with Gasteiger partial charge in [-0.15, -0.1) is 0 Å². The van der Waals surface area contributed by atoms with Gasteiger partial charge in [0.05, 0.1) is 17.1 Å². The molecule has 0 spiro atoms. The van der Waals surface area contributed by atoms with Gasteiger partial charge in [0.2, 0.25) is 5.91 Å². The second-order valence-corrected chi connectivity index (χ2v) is 10.5. The Morgan fingerprint density at radius 3 is 2.53 bits per heavy atom. The van der Waals surface area contributed by atoms with Crippen molar-refractivity contribution in [3.05, 3.63) is 76.0 Å². The Morgan fingerprint density at radius 1 is 1.18 bits per heavy atom. The molecule has 2 bridgehead atoms. The highest BCUT2D eigenvalue weighted by Gasteiger charge is 2.59. The van der Waals surface area contributed by atoms with Crippen molar-refractivity contribution < 1.29 is 19.4 Å². The van der Waals surface area contributed by atoms with Gasteiger partial charge in [-0.2, -0.15) is 0 Å². The molecule has 5 nitrogen and oxygen atoms in total. The van der Waals surface area contributed by atoms with E-state index in [1.165, 1.54) is 12.5 Å². The maximum atomic E-state index is 13.6. The number of rotatable bonds is 4. The highest BCUT2D eigenvalue weighted by atomic mass is 16.5. The van der Waals surface area contributed by atoms with Crippen molar-refractivity contribution in [1.29, 1.82) is 0 Å². The summed E-state index contributed by atoms with van der Waals surface area (Å²) in [5.74, 6) is 0.0466. The lowest BCUT2D eigenvalue weighted by molar-refractivity contribution is -0.155. The molecule has 5 heteroatoms. The quantitative estimate of drug-likeness (QED) is 0.682. The van der Waals surface area contributed by atoms with Crippen LogP contribution in [-0.2, 0) is 27.2 Å². The van der Waals surface area contributed by atoms with Crippen LogP contribution >= 0.6 is 0 Å². The van der Waals surface area contributed by atoms with E-state index in [1.54, 1.807) is 7.11 Å². The molecule has 2 N–H and O–H groups in total. The van der Waals surface area contributed by atoms with Gasteiger partial charge in [0, 0.05) is 25.0 Å². The fraction of sp³-hybridized carbons (Fsp3) is 0.448. The third-order valence-corrected chi connectivity index (χ3v) is 8.62. The summed E-state index contributed by atoms with van der Waals surface area (Å²) in [5, 5.41) is 14.1. The maximum Gasteiger partial charge on any atom is 0.229 e. The summed E-state index contributed by atoms with van der Waals surface area (Å²) in [7, 11) is 1.67. The van der Waals surface area contributed by atoms with Crippen LogP contribution in [-0.4, -0.2) is 29.9 Å². The van der Waals surface area contributed by atoms with Crippen molar-refractivity contribution in [2.75, 3.05) is 7.11 Å². The first-order valence-electron chi connectivity index (χ1n) is 12.2. The minimum atomic E-state index is -0.699. The molecule has 2 aromatic rings. The van der Waals surface area contributed by atoms with Crippen molar-refractivity contribution in [3.8, 4) is 0 Å². The van der Waals surface area contributed by atoms with Gasteiger partial charge in [0.1, 0.15) is 5.76 Å². The van der Waals surface area contributed by atoms with E-state index >= 15 is 0 Å². The number of Topliss-reactive ketones (excluding diaryl/α,β-unsaturated/α-hetero) is 1. The molecule has 0 unspecified atom stereocenters. The van der Waals surface area contributed by atoms with E-state index in [1.807, 2.05) is 32.0 Å². The lowest BCUT2D eigenvalue weighted by Gasteiger charge is -2.55. The Bertz CT molecular complexity index is 1200. The van der Waals surface area contributed by atoms with E-state index in [0.717, 1.165) is 28.7 Å². The molecule has 3 aliphatic rings. The van der Waals surface area contributed by atoms with Crippen LogP contribution < -0.4 is 5.32 Å². The lowest BCUT2D eigenvalue weighted by Crippen LogP contribution is -2.62. The van der Waals surface area contributed by atoms with Crippen molar-refractivity contribution in [2.45, 2.75) is 58.6 Å². The first-order valence-corrected chi connectivity index (χ1v) is 12.2. The number of amides is 1. The van der Waals surface area contributed by atoms with Crippen LogP contribution in [0.1, 0.15) is 67.5 Å². The normalized spacial score (nSPS) is 32.0. The molecule has 0 radical (unpaired) electrons. The number of aliphatic hydroxyl groups is 1.